The lowest BCUT2D eigenvalue weighted by Gasteiger charge is -2.06. The summed E-state index contributed by atoms with van der Waals surface area (Å²) >= 11 is 0. The molecule has 0 aliphatic carbocycles. The number of nitrogens with one attached hydrogen (secondary N) is 2. The zero-order valence-corrected chi connectivity index (χ0v) is 10.4. The van der Waals surface area contributed by atoms with Gasteiger partial charge in [-0.2, -0.15) is 15.4 Å². The van der Waals surface area contributed by atoms with Crippen LogP contribution in [0.5, 0.6) is 0 Å². The molecule has 0 saturated carbocycles. The number of aromatic amines is 1. The number of aromatic carboxylic acids is 1. The molecule has 2 aromatic heterocycles. The smallest absolute Gasteiger partial charge is 0.358 e. The number of H-pyrrole nitrogens is 1. The average molecular weight is 284 g/mol. The van der Waals surface area contributed by atoms with Crippen LogP contribution in [0, 0.1) is 0 Å². The second-order valence-corrected chi connectivity index (χ2v) is 4.04. The molecule has 9 nitrogen and oxygen atoms in total. The topological polar surface area (TPSA) is 134 Å². The Hall–Kier alpha value is -3.36. The van der Waals surface area contributed by atoms with Crippen molar-refractivity contribution >= 4 is 28.7 Å². The summed E-state index contributed by atoms with van der Waals surface area (Å²) in [7, 11) is 0. The van der Waals surface area contributed by atoms with Crippen molar-refractivity contribution in [1.29, 1.82) is 0 Å². The number of nitrogens with zero attached hydrogens (tertiary/aromatic N) is 4. The van der Waals surface area contributed by atoms with Crippen molar-refractivity contribution in [2.24, 2.45) is 0 Å². The molecule has 0 atom stereocenters. The molecule has 21 heavy (non-hydrogen) atoms. The van der Waals surface area contributed by atoms with Crippen LogP contribution < -0.4 is 5.32 Å². The molecule has 0 fully saturated rings. The molecule has 1 aromatic carbocycles. The highest BCUT2D eigenvalue weighted by molar-refractivity contribution is 6.07. The molecule has 3 aromatic rings. The quantitative estimate of drug-likeness (QED) is 0.644. The van der Waals surface area contributed by atoms with E-state index in [1.165, 1.54) is 18.5 Å². The van der Waals surface area contributed by atoms with Gasteiger partial charge in [0.1, 0.15) is 11.0 Å². The first-order valence-corrected chi connectivity index (χ1v) is 5.81. The van der Waals surface area contributed by atoms with Gasteiger partial charge >= 0.3 is 5.97 Å². The molecule has 0 radical (unpaired) electrons. The molecular weight excluding hydrogens is 276 g/mol. The minimum atomic E-state index is -1.27. The number of hydrogen-bond acceptors (Lipinski definition) is 6. The van der Waals surface area contributed by atoms with E-state index in [9.17, 15) is 9.59 Å². The lowest BCUT2D eigenvalue weighted by molar-refractivity contribution is 0.0691. The Kier molecular flexibility index (Phi) is 2.99. The molecule has 3 N–H and O–H groups in total. The Morgan fingerprint density at radius 1 is 1.10 bits per heavy atom. The van der Waals surface area contributed by atoms with Crippen LogP contribution in [0.1, 0.15) is 20.8 Å². The third kappa shape index (κ3) is 2.39. The number of rotatable bonds is 3. The van der Waals surface area contributed by atoms with Crippen molar-refractivity contribution in [3.63, 3.8) is 0 Å². The van der Waals surface area contributed by atoms with Gasteiger partial charge in [0.2, 0.25) is 0 Å². The van der Waals surface area contributed by atoms with Gasteiger partial charge in [0.15, 0.2) is 11.5 Å². The Bertz CT molecular complexity index is 844. The van der Waals surface area contributed by atoms with Crippen LogP contribution in [0.4, 0.5) is 5.82 Å². The Morgan fingerprint density at radius 2 is 1.86 bits per heavy atom. The lowest BCUT2D eigenvalue weighted by Crippen LogP contribution is -2.17. The first-order chi connectivity index (χ1) is 10.1. The third-order valence-corrected chi connectivity index (χ3v) is 2.71. The summed E-state index contributed by atoms with van der Waals surface area (Å²) in [4.78, 5) is 30.6. The number of amides is 1. The fourth-order valence-corrected chi connectivity index (χ4v) is 1.75. The highest BCUT2D eigenvalue weighted by Gasteiger charge is 2.16. The van der Waals surface area contributed by atoms with Gasteiger partial charge in [0.05, 0.1) is 0 Å². The molecule has 0 aliphatic heterocycles. The lowest BCUT2D eigenvalue weighted by atomic mass is 10.2. The van der Waals surface area contributed by atoms with Crippen molar-refractivity contribution in [3.8, 4) is 0 Å². The molecule has 0 bridgehead atoms. The van der Waals surface area contributed by atoms with Crippen LogP contribution in [0.3, 0.4) is 0 Å². The fraction of sp³-hybridized carbons (Fsp3) is 0. The molecule has 1 amide bonds. The van der Waals surface area contributed by atoms with Crippen molar-refractivity contribution in [2.75, 3.05) is 5.32 Å². The predicted octanol–water partition coefficient (Wildman–Crippen LogP) is 0.698. The molecule has 0 unspecified atom stereocenters. The van der Waals surface area contributed by atoms with E-state index >= 15 is 0 Å². The number of carbonyl (C=O) groups excluding carboxylic acids is 1. The van der Waals surface area contributed by atoms with E-state index in [1.54, 1.807) is 12.1 Å². The second-order valence-electron chi connectivity index (χ2n) is 4.04. The van der Waals surface area contributed by atoms with Gasteiger partial charge in [-0.15, -0.1) is 0 Å². The molecule has 0 aliphatic rings. The highest BCUT2D eigenvalue weighted by Crippen LogP contribution is 2.14. The van der Waals surface area contributed by atoms with E-state index in [4.69, 9.17) is 5.11 Å². The van der Waals surface area contributed by atoms with Crippen molar-refractivity contribution in [2.45, 2.75) is 0 Å². The fourth-order valence-electron chi connectivity index (χ4n) is 1.75. The molecule has 9 heteroatoms. The SMILES string of the molecule is O=C(Nc1nccnc1C(=O)O)c1ccc2n[nH]nc2c1. The van der Waals surface area contributed by atoms with E-state index in [2.05, 4.69) is 30.7 Å². The second kappa shape index (κ2) is 4.96. The van der Waals surface area contributed by atoms with Crippen molar-refractivity contribution in [1.82, 2.24) is 25.4 Å². The number of aromatic nitrogens is 5. The summed E-state index contributed by atoms with van der Waals surface area (Å²) in [6, 6.07) is 4.71. The van der Waals surface area contributed by atoms with E-state index in [0.29, 0.717) is 16.6 Å². The number of carboxylic acid groups (broad SMARTS) is 1. The van der Waals surface area contributed by atoms with Crippen LogP contribution in [-0.2, 0) is 0 Å². The van der Waals surface area contributed by atoms with Gasteiger partial charge < -0.3 is 10.4 Å². The van der Waals surface area contributed by atoms with Crippen LogP contribution in [-0.4, -0.2) is 42.4 Å². The zero-order chi connectivity index (χ0) is 14.8. The summed E-state index contributed by atoms with van der Waals surface area (Å²) in [5, 5.41) is 21.6. The summed E-state index contributed by atoms with van der Waals surface area (Å²) < 4.78 is 0. The van der Waals surface area contributed by atoms with Gasteiger partial charge in [-0.1, -0.05) is 0 Å². The average Bonchev–Trinajstić information content (AvgIpc) is 2.94. The Morgan fingerprint density at radius 3 is 2.67 bits per heavy atom. The van der Waals surface area contributed by atoms with Crippen molar-refractivity contribution in [3.05, 3.63) is 41.9 Å². The molecule has 104 valence electrons. The van der Waals surface area contributed by atoms with E-state index in [0.717, 1.165) is 0 Å². The van der Waals surface area contributed by atoms with Gasteiger partial charge in [-0.05, 0) is 18.2 Å². The molecule has 0 spiro atoms. The highest BCUT2D eigenvalue weighted by atomic mass is 16.4. The number of anilines is 1. The molecule has 0 saturated heterocycles. The van der Waals surface area contributed by atoms with Crippen LogP contribution in [0.2, 0.25) is 0 Å². The number of carboxylic acids is 1. The summed E-state index contributed by atoms with van der Waals surface area (Å²) in [6.45, 7) is 0. The molecule has 2 heterocycles. The summed E-state index contributed by atoms with van der Waals surface area (Å²) in [6.07, 6.45) is 2.53. The Labute approximate surface area is 117 Å². The maximum absolute atomic E-state index is 12.1. The van der Waals surface area contributed by atoms with Crippen LogP contribution in [0.25, 0.3) is 11.0 Å². The summed E-state index contributed by atoms with van der Waals surface area (Å²) in [5.41, 5.74) is 1.13. The Balaban J connectivity index is 1.91. The third-order valence-electron chi connectivity index (χ3n) is 2.71. The maximum atomic E-state index is 12.1. The minimum absolute atomic E-state index is 0.116. The number of fused-ring (bicyclic) bond motifs is 1. The van der Waals surface area contributed by atoms with Gasteiger partial charge in [0, 0.05) is 18.0 Å². The normalized spacial score (nSPS) is 10.5. The van der Waals surface area contributed by atoms with E-state index < -0.39 is 11.9 Å². The molecule has 3 rings (SSSR count). The van der Waals surface area contributed by atoms with Gasteiger partial charge in [-0.3, -0.25) is 4.79 Å². The molecular formula is C12H8N6O3. The number of hydrogen-bond donors (Lipinski definition) is 3. The monoisotopic (exact) mass is 284 g/mol. The van der Waals surface area contributed by atoms with Crippen LogP contribution >= 0.6 is 0 Å². The first-order valence-electron chi connectivity index (χ1n) is 5.81. The summed E-state index contributed by atoms with van der Waals surface area (Å²) in [5.74, 6) is -1.90. The van der Waals surface area contributed by atoms with Gasteiger partial charge in [-0.25, -0.2) is 14.8 Å². The predicted molar refractivity (Wildman–Crippen MR) is 70.8 cm³/mol. The zero-order valence-electron chi connectivity index (χ0n) is 10.4. The largest absolute Gasteiger partial charge is 0.476 e. The van der Waals surface area contributed by atoms with Crippen LogP contribution in [0.15, 0.2) is 30.6 Å². The van der Waals surface area contributed by atoms with E-state index in [-0.39, 0.29) is 11.5 Å². The first kappa shape index (κ1) is 12.7. The van der Waals surface area contributed by atoms with Crippen molar-refractivity contribution < 1.29 is 14.7 Å². The number of carbonyl (C=O) groups is 2. The standard InChI is InChI=1S/C12H8N6O3/c19-11(6-1-2-7-8(5-6)17-18-16-7)15-10-9(12(20)21)13-3-4-14-10/h1-5H,(H,20,21)(H,14,15,19)(H,16,17,18). The van der Waals surface area contributed by atoms with E-state index in [1.807, 2.05) is 0 Å². The minimum Gasteiger partial charge on any atom is -0.476 e. The van der Waals surface area contributed by atoms with Gasteiger partial charge in [0.25, 0.3) is 5.91 Å². The number of benzene rings is 1. The maximum Gasteiger partial charge on any atom is 0.358 e.